The van der Waals surface area contributed by atoms with Crippen molar-refractivity contribution in [2.75, 3.05) is 0 Å². The lowest BCUT2D eigenvalue weighted by atomic mass is 10.1. The van der Waals surface area contributed by atoms with Gasteiger partial charge in [0, 0.05) is 29.8 Å². The topological polar surface area (TPSA) is 63.5 Å². The fourth-order valence-corrected chi connectivity index (χ4v) is 3.12. The predicted octanol–water partition coefficient (Wildman–Crippen LogP) is 4.34. The van der Waals surface area contributed by atoms with E-state index in [0.717, 1.165) is 18.4 Å². The van der Waals surface area contributed by atoms with Crippen LogP contribution in [-0.4, -0.2) is 21.8 Å². The molecule has 5 heteroatoms. The van der Waals surface area contributed by atoms with E-state index in [-0.39, 0.29) is 17.6 Å². The molecule has 0 aliphatic heterocycles. The van der Waals surface area contributed by atoms with Crippen molar-refractivity contribution in [3.05, 3.63) is 75.3 Å². The van der Waals surface area contributed by atoms with Crippen molar-refractivity contribution in [2.45, 2.75) is 39.3 Å². The minimum atomic E-state index is -0.433. The maximum Gasteiger partial charge on any atom is 0.273 e. The Kier molecular flexibility index (Phi) is 4.83. The van der Waals surface area contributed by atoms with Crippen LogP contribution in [0, 0.1) is 23.0 Å². The van der Waals surface area contributed by atoms with Crippen LogP contribution in [0.2, 0.25) is 0 Å². The fraction of sp³-hybridized carbons (Fsp3) is 0.350. The molecule has 1 unspecified atom stereocenters. The number of hydrogen-bond donors (Lipinski definition) is 0. The summed E-state index contributed by atoms with van der Waals surface area (Å²) in [4.78, 5) is 25.7. The Hall–Kier alpha value is -2.69. The van der Waals surface area contributed by atoms with Gasteiger partial charge in [-0.25, -0.2) is 0 Å². The van der Waals surface area contributed by atoms with Gasteiger partial charge in [0.25, 0.3) is 11.6 Å². The molecule has 5 nitrogen and oxygen atoms in total. The zero-order chi connectivity index (χ0) is 18.0. The summed E-state index contributed by atoms with van der Waals surface area (Å²) in [5.41, 5.74) is 1.99. The van der Waals surface area contributed by atoms with Crippen LogP contribution >= 0.6 is 0 Å². The van der Waals surface area contributed by atoms with Gasteiger partial charge in [0.1, 0.15) is 0 Å². The molecule has 1 atom stereocenters. The molecule has 2 aromatic rings. The Labute approximate surface area is 147 Å². The summed E-state index contributed by atoms with van der Waals surface area (Å²) in [6.07, 6.45) is 2.27. The molecule has 0 aromatic heterocycles. The molecule has 0 spiro atoms. The van der Waals surface area contributed by atoms with E-state index in [9.17, 15) is 14.9 Å². The fourth-order valence-electron chi connectivity index (χ4n) is 3.12. The van der Waals surface area contributed by atoms with Crippen LogP contribution in [0.3, 0.4) is 0 Å². The van der Waals surface area contributed by atoms with Gasteiger partial charge in [0.05, 0.1) is 4.92 Å². The number of carbonyl (C=O) groups excluding carboxylic acids is 1. The number of amides is 1. The standard InChI is InChI=1S/C20H22N2O3/c1-14-8-9-18(12-19(14)22(24)25)20(23)21(15(2)17-10-11-17)13-16-6-4-3-5-7-16/h3-9,12,15,17H,10-11,13H2,1-2H3. The first kappa shape index (κ1) is 17.1. The van der Waals surface area contributed by atoms with Crippen LogP contribution in [0.4, 0.5) is 5.69 Å². The van der Waals surface area contributed by atoms with Crippen LogP contribution < -0.4 is 0 Å². The molecule has 25 heavy (non-hydrogen) atoms. The van der Waals surface area contributed by atoms with Crippen molar-refractivity contribution in [3.8, 4) is 0 Å². The lowest BCUT2D eigenvalue weighted by Gasteiger charge is -2.30. The third kappa shape index (κ3) is 3.87. The van der Waals surface area contributed by atoms with Crippen LogP contribution in [0.5, 0.6) is 0 Å². The number of benzene rings is 2. The second-order valence-corrected chi connectivity index (χ2v) is 6.76. The minimum absolute atomic E-state index is 0.00964. The summed E-state index contributed by atoms with van der Waals surface area (Å²) in [6, 6.07) is 14.7. The Bertz CT molecular complexity index is 785. The molecule has 2 aromatic carbocycles. The Balaban J connectivity index is 1.91. The smallest absolute Gasteiger partial charge is 0.273 e. The molecular formula is C20H22N2O3. The summed E-state index contributed by atoms with van der Waals surface area (Å²) in [7, 11) is 0. The number of nitrogens with zero attached hydrogens (tertiary/aromatic N) is 2. The number of hydrogen-bond acceptors (Lipinski definition) is 3. The third-order valence-electron chi connectivity index (χ3n) is 4.91. The molecule has 0 heterocycles. The van der Waals surface area contributed by atoms with Crippen LogP contribution in [-0.2, 0) is 6.54 Å². The van der Waals surface area contributed by atoms with Crippen molar-refractivity contribution in [2.24, 2.45) is 5.92 Å². The van der Waals surface area contributed by atoms with Crippen molar-refractivity contribution in [3.63, 3.8) is 0 Å². The monoisotopic (exact) mass is 338 g/mol. The maximum absolute atomic E-state index is 13.1. The van der Waals surface area contributed by atoms with Crippen LogP contribution in [0.15, 0.2) is 48.5 Å². The van der Waals surface area contributed by atoms with Crippen molar-refractivity contribution >= 4 is 11.6 Å². The van der Waals surface area contributed by atoms with Gasteiger partial charge in [-0.2, -0.15) is 0 Å². The number of nitro benzene ring substituents is 1. The zero-order valence-corrected chi connectivity index (χ0v) is 14.5. The first-order chi connectivity index (χ1) is 12.0. The molecule has 1 aliphatic carbocycles. The van der Waals surface area contributed by atoms with E-state index in [0.29, 0.717) is 23.6 Å². The average molecular weight is 338 g/mol. The van der Waals surface area contributed by atoms with Gasteiger partial charge >= 0.3 is 0 Å². The van der Waals surface area contributed by atoms with E-state index >= 15 is 0 Å². The van der Waals surface area contributed by atoms with E-state index in [4.69, 9.17) is 0 Å². The summed E-state index contributed by atoms with van der Waals surface area (Å²) in [5.74, 6) is 0.374. The van der Waals surface area contributed by atoms with Gasteiger partial charge in [-0.05, 0) is 44.2 Å². The van der Waals surface area contributed by atoms with E-state index in [2.05, 4.69) is 6.92 Å². The van der Waals surface area contributed by atoms with Crippen molar-refractivity contribution in [1.29, 1.82) is 0 Å². The molecule has 0 saturated heterocycles. The predicted molar refractivity (Wildman–Crippen MR) is 96.3 cm³/mol. The highest BCUT2D eigenvalue weighted by Crippen LogP contribution is 2.36. The Morgan fingerprint density at radius 2 is 1.92 bits per heavy atom. The summed E-state index contributed by atoms with van der Waals surface area (Å²) in [6.45, 7) is 4.26. The van der Waals surface area contributed by atoms with Gasteiger partial charge in [0.2, 0.25) is 0 Å². The lowest BCUT2D eigenvalue weighted by molar-refractivity contribution is -0.385. The number of aryl methyl sites for hydroxylation is 1. The number of rotatable bonds is 6. The normalized spacial score (nSPS) is 14.8. The second-order valence-electron chi connectivity index (χ2n) is 6.76. The maximum atomic E-state index is 13.1. The first-order valence-corrected chi connectivity index (χ1v) is 8.57. The van der Waals surface area contributed by atoms with Crippen LogP contribution in [0.1, 0.15) is 41.3 Å². The van der Waals surface area contributed by atoms with E-state index in [1.165, 1.54) is 6.07 Å². The highest BCUT2D eigenvalue weighted by atomic mass is 16.6. The summed E-state index contributed by atoms with van der Waals surface area (Å²) < 4.78 is 0. The molecule has 1 saturated carbocycles. The second kappa shape index (κ2) is 7.05. The van der Waals surface area contributed by atoms with Gasteiger partial charge in [0.15, 0.2) is 0 Å². The number of carbonyl (C=O) groups is 1. The van der Waals surface area contributed by atoms with Gasteiger partial charge < -0.3 is 4.90 Å². The average Bonchev–Trinajstić information content (AvgIpc) is 3.45. The molecule has 0 radical (unpaired) electrons. The molecule has 3 rings (SSSR count). The molecule has 1 aliphatic rings. The van der Waals surface area contributed by atoms with Crippen molar-refractivity contribution < 1.29 is 9.72 Å². The third-order valence-corrected chi connectivity index (χ3v) is 4.91. The quantitative estimate of drug-likeness (QED) is 0.581. The molecule has 1 fully saturated rings. The van der Waals surface area contributed by atoms with Gasteiger partial charge in [-0.3, -0.25) is 14.9 Å². The van der Waals surface area contributed by atoms with Gasteiger partial charge in [-0.15, -0.1) is 0 Å². The Morgan fingerprint density at radius 1 is 1.24 bits per heavy atom. The van der Waals surface area contributed by atoms with E-state index in [1.807, 2.05) is 35.2 Å². The van der Waals surface area contributed by atoms with Crippen molar-refractivity contribution in [1.82, 2.24) is 4.90 Å². The zero-order valence-electron chi connectivity index (χ0n) is 14.5. The largest absolute Gasteiger partial charge is 0.331 e. The van der Waals surface area contributed by atoms with E-state index < -0.39 is 4.92 Å². The SMILES string of the molecule is Cc1ccc(C(=O)N(Cc2ccccc2)C(C)C2CC2)cc1[N+](=O)[O-]. The molecular weight excluding hydrogens is 316 g/mol. The highest BCUT2D eigenvalue weighted by molar-refractivity contribution is 5.95. The van der Waals surface area contributed by atoms with Crippen LogP contribution in [0.25, 0.3) is 0 Å². The molecule has 1 amide bonds. The lowest BCUT2D eigenvalue weighted by Crippen LogP contribution is -2.39. The summed E-state index contributed by atoms with van der Waals surface area (Å²) in [5, 5.41) is 11.2. The highest BCUT2D eigenvalue weighted by Gasteiger charge is 2.35. The number of nitro groups is 1. The molecule has 0 bridgehead atoms. The Morgan fingerprint density at radius 3 is 2.52 bits per heavy atom. The summed E-state index contributed by atoms with van der Waals surface area (Å²) >= 11 is 0. The van der Waals surface area contributed by atoms with Gasteiger partial charge in [-0.1, -0.05) is 36.4 Å². The minimum Gasteiger partial charge on any atom is -0.331 e. The molecule has 0 N–H and O–H groups in total. The van der Waals surface area contributed by atoms with E-state index in [1.54, 1.807) is 19.1 Å². The first-order valence-electron chi connectivity index (χ1n) is 8.57. The molecule has 130 valence electrons.